The normalized spacial score (nSPS) is 23.0. The van der Waals surface area contributed by atoms with E-state index in [-0.39, 0.29) is 6.04 Å². The molecule has 5 heteroatoms. The first-order chi connectivity index (χ1) is 14.2. The number of hydrogen-bond donors (Lipinski definition) is 1. The average molecular weight is 407 g/mol. The SMILES string of the molecule is C[C@H](C(=O)N1CCc2ccccc2C1)[NH+]1CCC(c2nc3ccccc3s2)CC1. The number of quaternary nitrogens is 1. The van der Waals surface area contributed by atoms with Gasteiger partial charge in [-0.2, -0.15) is 0 Å². The number of amides is 1. The fourth-order valence-electron chi connectivity index (χ4n) is 4.87. The second kappa shape index (κ2) is 7.88. The first kappa shape index (κ1) is 18.8. The molecule has 3 heterocycles. The Labute approximate surface area is 176 Å². The molecular formula is C24H28N3OS+. The van der Waals surface area contributed by atoms with Gasteiger partial charge in [0.05, 0.1) is 28.3 Å². The summed E-state index contributed by atoms with van der Waals surface area (Å²) >= 11 is 1.84. The second-order valence-electron chi connectivity index (χ2n) is 8.45. The van der Waals surface area contributed by atoms with Gasteiger partial charge in [-0.15, -0.1) is 11.3 Å². The van der Waals surface area contributed by atoms with E-state index in [1.54, 1.807) is 0 Å². The summed E-state index contributed by atoms with van der Waals surface area (Å²) in [5.41, 5.74) is 3.83. The van der Waals surface area contributed by atoms with E-state index >= 15 is 0 Å². The van der Waals surface area contributed by atoms with Crippen molar-refractivity contribution >= 4 is 27.5 Å². The minimum Gasteiger partial charge on any atom is -0.333 e. The maximum absolute atomic E-state index is 13.2. The Morgan fingerprint density at radius 3 is 2.62 bits per heavy atom. The van der Waals surface area contributed by atoms with Crippen LogP contribution in [0.4, 0.5) is 0 Å². The monoisotopic (exact) mass is 406 g/mol. The van der Waals surface area contributed by atoms with Crippen LogP contribution in [0.2, 0.25) is 0 Å². The van der Waals surface area contributed by atoms with Gasteiger partial charge in [0.1, 0.15) is 0 Å². The van der Waals surface area contributed by atoms with Crippen LogP contribution in [0.25, 0.3) is 10.2 Å². The van der Waals surface area contributed by atoms with Crippen molar-refractivity contribution < 1.29 is 9.69 Å². The van der Waals surface area contributed by atoms with Crippen molar-refractivity contribution in [3.8, 4) is 0 Å². The molecule has 1 atom stereocenters. The molecule has 5 rings (SSSR count). The van der Waals surface area contributed by atoms with Crippen LogP contribution in [0.15, 0.2) is 48.5 Å². The van der Waals surface area contributed by atoms with Crippen molar-refractivity contribution in [2.24, 2.45) is 0 Å². The fraction of sp³-hybridized carbons (Fsp3) is 0.417. The van der Waals surface area contributed by atoms with E-state index in [1.165, 1.54) is 25.7 Å². The molecule has 2 aliphatic rings. The number of piperidine rings is 1. The van der Waals surface area contributed by atoms with Gasteiger partial charge in [0.2, 0.25) is 0 Å². The van der Waals surface area contributed by atoms with Crippen LogP contribution in [-0.2, 0) is 17.8 Å². The quantitative estimate of drug-likeness (QED) is 0.726. The number of hydrogen-bond acceptors (Lipinski definition) is 3. The number of likely N-dealkylation sites (tertiary alicyclic amines) is 1. The summed E-state index contributed by atoms with van der Waals surface area (Å²) in [5.74, 6) is 0.855. The van der Waals surface area contributed by atoms with Gasteiger partial charge in [-0.05, 0) is 36.6 Å². The molecule has 2 aliphatic heterocycles. The maximum atomic E-state index is 13.2. The predicted molar refractivity (Wildman–Crippen MR) is 117 cm³/mol. The summed E-state index contributed by atoms with van der Waals surface area (Å²) in [6.45, 7) is 5.84. The van der Waals surface area contributed by atoms with Gasteiger partial charge >= 0.3 is 0 Å². The third kappa shape index (κ3) is 3.69. The minimum atomic E-state index is 0.0385. The summed E-state index contributed by atoms with van der Waals surface area (Å²) in [5, 5.41) is 1.27. The Morgan fingerprint density at radius 1 is 1.10 bits per heavy atom. The Hall–Kier alpha value is -2.24. The van der Waals surface area contributed by atoms with E-state index in [4.69, 9.17) is 4.98 Å². The number of carbonyl (C=O) groups excluding carboxylic acids is 1. The number of rotatable bonds is 3. The molecule has 1 aromatic heterocycles. The molecule has 150 valence electrons. The van der Waals surface area contributed by atoms with Gasteiger partial charge in [-0.25, -0.2) is 4.98 Å². The molecule has 4 nitrogen and oxygen atoms in total. The fourth-order valence-corrected chi connectivity index (χ4v) is 6.00. The maximum Gasteiger partial charge on any atom is 0.280 e. The van der Waals surface area contributed by atoms with E-state index < -0.39 is 0 Å². The molecule has 0 saturated carbocycles. The largest absolute Gasteiger partial charge is 0.333 e. The van der Waals surface area contributed by atoms with E-state index in [0.717, 1.165) is 51.0 Å². The topological polar surface area (TPSA) is 37.6 Å². The highest BCUT2D eigenvalue weighted by atomic mass is 32.1. The van der Waals surface area contributed by atoms with Crippen LogP contribution in [0, 0.1) is 0 Å². The van der Waals surface area contributed by atoms with E-state index in [0.29, 0.717) is 11.8 Å². The Balaban J connectivity index is 1.21. The van der Waals surface area contributed by atoms with Crippen LogP contribution in [0.5, 0.6) is 0 Å². The first-order valence-corrected chi connectivity index (χ1v) is 11.6. The van der Waals surface area contributed by atoms with E-state index in [1.807, 2.05) is 11.3 Å². The summed E-state index contributed by atoms with van der Waals surface area (Å²) in [4.78, 5) is 21.5. The van der Waals surface area contributed by atoms with Crippen molar-refractivity contribution in [1.82, 2.24) is 9.88 Å². The van der Waals surface area contributed by atoms with Crippen LogP contribution >= 0.6 is 11.3 Å². The molecule has 0 radical (unpaired) electrons. The van der Waals surface area contributed by atoms with Crippen LogP contribution < -0.4 is 4.90 Å². The zero-order chi connectivity index (χ0) is 19.8. The lowest BCUT2D eigenvalue weighted by Crippen LogP contribution is -3.17. The van der Waals surface area contributed by atoms with Crippen LogP contribution in [0.3, 0.4) is 0 Å². The zero-order valence-electron chi connectivity index (χ0n) is 16.9. The number of carbonyl (C=O) groups is 1. The molecule has 1 amide bonds. The molecule has 0 unspecified atom stereocenters. The lowest BCUT2D eigenvalue weighted by Gasteiger charge is -2.36. The third-order valence-corrected chi connectivity index (χ3v) is 7.91. The third-order valence-electron chi connectivity index (χ3n) is 6.71. The Kier molecular flexibility index (Phi) is 5.10. The summed E-state index contributed by atoms with van der Waals surface area (Å²) < 4.78 is 1.28. The molecule has 0 aliphatic carbocycles. The summed E-state index contributed by atoms with van der Waals surface area (Å²) in [6, 6.07) is 17.0. The molecular weight excluding hydrogens is 378 g/mol. The summed E-state index contributed by atoms with van der Waals surface area (Å²) in [7, 11) is 0. The molecule has 0 bridgehead atoms. The van der Waals surface area contributed by atoms with Gasteiger partial charge in [0.25, 0.3) is 5.91 Å². The van der Waals surface area contributed by atoms with Crippen molar-refractivity contribution in [1.29, 1.82) is 0 Å². The van der Waals surface area contributed by atoms with Crippen LogP contribution in [-0.4, -0.2) is 41.5 Å². The minimum absolute atomic E-state index is 0.0385. The van der Waals surface area contributed by atoms with Crippen molar-refractivity contribution in [3.05, 3.63) is 64.7 Å². The number of benzene rings is 2. The second-order valence-corrected chi connectivity index (χ2v) is 9.51. The van der Waals surface area contributed by atoms with Gasteiger partial charge < -0.3 is 9.80 Å². The molecule has 1 saturated heterocycles. The lowest BCUT2D eigenvalue weighted by molar-refractivity contribution is -0.919. The number of aromatic nitrogens is 1. The highest BCUT2D eigenvalue weighted by molar-refractivity contribution is 7.18. The van der Waals surface area contributed by atoms with E-state index in [9.17, 15) is 4.79 Å². The van der Waals surface area contributed by atoms with Gasteiger partial charge in [-0.3, -0.25) is 4.79 Å². The number of nitrogens with one attached hydrogen (secondary N) is 1. The smallest absolute Gasteiger partial charge is 0.280 e. The number of fused-ring (bicyclic) bond motifs is 2. The highest BCUT2D eigenvalue weighted by Gasteiger charge is 2.34. The number of nitrogens with zero attached hydrogens (tertiary/aromatic N) is 2. The molecule has 3 aromatic rings. The van der Waals surface area contributed by atoms with Crippen molar-refractivity contribution in [2.75, 3.05) is 19.6 Å². The molecule has 2 aromatic carbocycles. The Morgan fingerprint density at radius 2 is 1.83 bits per heavy atom. The Bertz CT molecular complexity index is 989. The molecule has 1 N–H and O–H groups in total. The predicted octanol–water partition coefficient (Wildman–Crippen LogP) is 3.03. The van der Waals surface area contributed by atoms with Crippen molar-refractivity contribution in [2.45, 2.75) is 44.7 Å². The van der Waals surface area contributed by atoms with Crippen molar-refractivity contribution in [3.63, 3.8) is 0 Å². The van der Waals surface area contributed by atoms with Gasteiger partial charge in [-0.1, -0.05) is 36.4 Å². The molecule has 0 spiro atoms. The van der Waals surface area contributed by atoms with Gasteiger partial charge in [0.15, 0.2) is 6.04 Å². The molecule has 1 fully saturated rings. The lowest BCUT2D eigenvalue weighted by atomic mass is 9.95. The van der Waals surface area contributed by atoms with Crippen LogP contribution in [0.1, 0.15) is 41.8 Å². The average Bonchev–Trinajstić information content (AvgIpc) is 3.22. The molecule has 29 heavy (non-hydrogen) atoms. The number of thiazole rings is 1. The zero-order valence-corrected chi connectivity index (χ0v) is 17.8. The highest BCUT2D eigenvalue weighted by Crippen LogP contribution is 2.31. The standard InChI is InChI=1S/C24H27N3OS/c1-17(24(28)27-15-10-18-6-2-3-7-20(18)16-27)26-13-11-19(12-14-26)23-25-21-8-4-5-9-22(21)29-23/h2-9,17,19H,10-16H2,1H3/p+1/t17-/m1/s1. The van der Waals surface area contributed by atoms with Gasteiger partial charge in [0, 0.05) is 31.8 Å². The number of para-hydroxylation sites is 1. The van der Waals surface area contributed by atoms with E-state index in [2.05, 4.69) is 60.4 Å². The first-order valence-electron chi connectivity index (χ1n) is 10.7. The summed E-state index contributed by atoms with van der Waals surface area (Å²) in [6.07, 6.45) is 3.22.